The van der Waals surface area contributed by atoms with Crippen LogP contribution in [0.2, 0.25) is 0 Å². The van der Waals surface area contributed by atoms with Gasteiger partial charge in [0, 0.05) is 18.8 Å². The number of piperidine rings is 1. The number of nitrogens with zero attached hydrogens (tertiary/aromatic N) is 2. The van der Waals surface area contributed by atoms with Crippen LogP contribution in [-0.4, -0.2) is 47.8 Å². The average Bonchev–Trinajstić information content (AvgIpc) is 3.12. The number of carbonyl (C=O) groups excluding carboxylic acids is 1. The minimum Gasteiger partial charge on any atom is -0.493 e. The fourth-order valence-corrected chi connectivity index (χ4v) is 4.15. The lowest BCUT2D eigenvalue weighted by Crippen LogP contribution is -2.44. The summed E-state index contributed by atoms with van der Waals surface area (Å²) in [6.45, 7) is 4.09. The minimum absolute atomic E-state index is 0.109. The number of aromatic nitrogens is 2. The molecular formula is C20H25N3O3. The molecule has 1 aromatic carbocycles. The van der Waals surface area contributed by atoms with Gasteiger partial charge in [-0.3, -0.25) is 9.89 Å². The van der Waals surface area contributed by atoms with Crippen LogP contribution in [0, 0.1) is 12.8 Å². The number of likely N-dealkylation sites (tertiary alicyclic amines) is 1. The van der Waals surface area contributed by atoms with Crippen molar-refractivity contribution in [1.82, 2.24) is 15.1 Å². The third kappa shape index (κ3) is 3.04. The summed E-state index contributed by atoms with van der Waals surface area (Å²) < 4.78 is 11.2. The monoisotopic (exact) mass is 355 g/mol. The van der Waals surface area contributed by atoms with Crippen molar-refractivity contribution in [3.8, 4) is 11.5 Å². The summed E-state index contributed by atoms with van der Waals surface area (Å²) in [5.74, 6) is 2.12. The van der Waals surface area contributed by atoms with Crippen LogP contribution in [0.4, 0.5) is 0 Å². The van der Waals surface area contributed by atoms with Gasteiger partial charge in [-0.1, -0.05) is 12.1 Å². The number of H-pyrrole nitrogens is 1. The van der Waals surface area contributed by atoms with Gasteiger partial charge in [0.15, 0.2) is 11.5 Å². The Kier molecular flexibility index (Phi) is 4.57. The normalized spacial score (nSPS) is 20.4. The van der Waals surface area contributed by atoms with E-state index in [0.29, 0.717) is 18.9 Å². The SMILES string of the molecule is COc1cccc2c1OCC(C(=O)N1CCC(c3cn[nH]c3C)CC1)C2. The highest BCUT2D eigenvalue weighted by molar-refractivity contribution is 5.80. The first kappa shape index (κ1) is 16.9. The lowest BCUT2D eigenvalue weighted by Gasteiger charge is -2.35. The van der Waals surface area contributed by atoms with Crippen molar-refractivity contribution in [2.45, 2.75) is 32.1 Å². The second-order valence-electron chi connectivity index (χ2n) is 7.21. The highest BCUT2D eigenvalue weighted by Gasteiger charge is 2.33. The number of methoxy groups -OCH3 is 1. The molecule has 26 heavy (non-hydrogen) atoms. The Labute approximate surface area is 153 Å². The molecule has 1 atom stereocenters. The van der Waals surface area contributed by atoms with Crippen LogP contribution in [0.3, 0.4) is 0 Å². The van der Waals surface area contributed by atoms with Crippen LogP contribution in [0.25, 0.3) is 0 Å². The van der Waals surface area contributed by atoms with E-state index in [1.807, 2.05) is 29.3 Å². The summed E-state index contributed by atoms with van der Waals surface area (Å²) >= 11 is 0. The standard InChI is InChI=1S/C20H25N3O3/c1-13-17(11-21-22-13)14-6-8-23(9-7-14)20(24)16-10-15-4-3-5-18(25-2)19(15)26-12-16/h3-5,11,14,16H,6-10,12H2,1-2H3,(H,21,22). The van der Waals surface area contributed by atoms with Crippen LogP contribution in [0.15, 0.2) is 24.4 Å². The summed E-state index contributed by atoms with van der Waals surface area (Å²) in [4.78, 5) is 15.0. The van der Waals surface area contributed by atoms with Crippen molar-refractivity contribution in [3.05, 3.63) is 41.2 Å². The van der Waals surface area contributed by atoms with E-state index >= 15 is 0 Å². The molecule has 0 saturated carbocycles. The lowest BCUT2D eigenvalue weighted by atomic mass is 9.88. The molecule has 0 radical (unpaired) electrons. The first-order chi connectivity index (χ1) is 12.7. The van der Waals surface area contributed by atoms with Crippen molar-refractivity contribution in [2.24, 2.45) is 5.92 Å². The predicted molar refractivity (Wildman–Crippen MR) is 97.6 cm³/mol. The van der Waals surface area contributed by atoms with E-state index in [9.17, 15) is 4.79 Å². The Morgan fingerprint density at radius 3 is 2.85 bits per heavy atom. The molecule has 2 aliphatic heterocycles. The van der Waals surface area contributed by atoms with E-state index < -0.39 is 0 Å². The van der Waals surface area contributed by atoms with Crippen molar-refractivity contribution >= 4 is 5.91 Å². The number of nitrogens with one attached hydrogen (secondary N) is 1. The molecule has 0 aliphatic carbocycles. The van der Waals surface area contributed by atoms with Gasteiger partial charge >= 0.3 is 0 Å². The molecule has 0 bridgehead atoms. The number of carbonyl (C=O) groups is 1. The number of aryl methyl sites for hydroxylation is 1. The molecule has 4 rings (SSSR count). The molecule has 2 aromatic rings. The maximum Gasteiger partial charge on any atom is 0.229 e. The van der Waals surface area contributed by atoms with Gasteiger partial charge < -0.3 is 14.4 Å². The summed E-state index contributed by atoms with van der Waals surface area (Å²) in [6, 6.07) is 5.86. The maximum atomic E-state index is 13.0. The number of rotatable bonds is 3. The number of aromatic amines is 1. The highest BCUT2D eigenvalue weighted by atomic mass is 16.5. The van der Waals surface area contributed by atoms with Crippen molar-refractivity contribution < 1.29 is 14.3 Å². The fraction of sp³-hybridized carbons (Fsp3) is 0.500. The zero-order chi connectivity index (χ0) is 18.1. The van der Waals surface area contributed by atoms with E-state index in [1.54, 1.807) is 7.11 Å². The van der Waals surface area contributed by atoms with Crippen molar-refractivity contribution in [2.75, 3.05) is 26.8 Å². The Balaban J connectivity index is 1.39. The third-order valence-electron chi connectivity index (χ3n) is 5.64. The second-order valence-corrected chi connectivity index (χ2v) is 7.21. The number of hydrogen-bond donors (Lipinski definition) is 1. The van der Waals surface area contributed by atoms with Gasteiger partial charge in [-0.15, -0.1) is 0 Å². The molecule has 6 nitrogen and oxygen atoms in total. The van der Waals surface area contributed by atoms with Gasteiger partial charge in [-0.25, -0.2) is 0 Å². The van der Waals surface area contributed by atoms with Gasteiger partial charge in [0.1, 0.15) is 6.61 Å². The van der Waals surface area contributed by atoms with Gasteiger partial charge in [-0.05, 0) is 49.3 Å². The van der Waals surface area contributed by atoms with Crippen molar-refractivity contribution in [3.63, 3.8) is 0 Å². The van der Waals surface area contributed by atoms with E-state index in [0.717, 1.165) is 48.7 Å². The van der Waals surface area contributed by atoms with Crippen LogP contribution in [0.1, 0.15) is 35.6 Å². The summed E-state index contributed by atoms with van der Waals surface area (Å²) in [5.41, 5.74) is 3.48. The summed E-state index contributed by atoms with van der Waals surface area (Å²) in [7, 11) is 1.64. The molecule has 1 fully saturated rings. The zero-order valence-electron chi connectivity index (χ0n) is 15.3. The van der Waals surface area contributed by atoms with Crippen LogP contribution in [0.5, 0.6) is 11.5 Å². The molecule has 6 heteroatoms. The first-order valence-electron chi connectivity index (χ1n) is 9.24. The quantitative estimate of drug-likeness (QED) is 0.919. The van der Waals surface area contributed by atoms with E-state index in [1.165, 1.54) is 5.56 Å². The topological polar surface area (TPSA) is 67.5 Å². The molecule has 1 saturated heterocycles. The largest absolute Gasteiger partial charge is 0.493 e. The van der Waals surface area contributed by atoms with Gasteiger partial charge in [0.25, 0.3) is 0 Å². The molecule has 3 heterocycles. The van der Waals surface area contributed by atoms with Crippen molar-refractivity contribution in [1.29, 1.82) is 0 Å². The van der Waals surface area contributed by atoms with E-state index in [4.69, 9.17) is 9.47 Å². The number of amides is 1. The molecule has 1 unspecified atom stereocenters. The number of hydrogen-bond acceptors (Lipinski definition) is 4. The van der Waals surface area contributed by atoms with E-state index in [2.05, 4.69) is 17.1 Å². The maximum absolute atomic E-state index is 13.0. The molecule has 138 valence electrons. The Bertz CT molecular complexity index is 793. The number of benzene rings is 1. The molecule has 1 amide bonds. The Hall–Kier alpha value is -2.50. The Morgan fingerprint density at radius 1 is 1.35 bits per heavy atom. The third-order valence-corrected chi connectivity index (χ3v) is 5.64. The number of fused-ring (bicyclic) bond motifs is 1. The molecule has 1 N–H and O–H groups in total. The molecule has 2 aliphatic rings. The van der Waals surface area contributed by atoms with Gasteiger partial charge in [0.05, 0.1) is 19.2 Å². The summed E-state index contributed by atoms with van der Waals surface area (Å²) in [6.07, 6.45) is 4.62. The first-order valence-corrected chi connectivity index (χ1v) is 9.24. The van der Waals surface area contributed by atoms with Crippen LogP contribution in [-0.2, 0) is 11.2 Å². The molecular weight excluding hydrogens is 330 g/mol. The lowest BCUT2D eigenvalue weighted by molar-refractivity contribution is -0.138. The predicted octanol–water partition coefficient (Wildman–Crippen LogP) is 2.68. The summed E-state index contributed by atoms with van der Waals surface area (Å²) in [5, 5.41) is 7.14. The van der Waals surface area contributed by atoms with Crippen LogP contribution >= 0.6 is 0 Å². The average molecular weight is 355 g/mol. The highest BCUT2D eigenvalue weighted by Crippen LogP contribution is 2.37. The van der Waals surface area contributed by atoms with E-state index in [-0.39, 0.29) is 11.8 Å². The minimum atomic E-state index is -0.109. The second kappa shape index (κ2) is 7.02. The molecule has 1 aromatic heterocycles. The van der Waals surface area contributed by atoms with Gasteiger partial charge in [-0.2, -0.15) is 5.10 Å². The Morgan fingerprint density at radius 2 is 2.15 bits per heavy atom. The smallest absolute Gasteiger partial charge is 0.229 e. The number of ether oxygens (including phenoxy) is 2. The zero-order valence-corrected chi connectivity index (χ0v) is 15.3. The van der Waals surface area contributed by atoms with Crippen LogP contribution < -0.4 is 9.47 Å². The number of para-hydroxylation sites is 1. The fourth-order valence-electron chi connectivity index (χ4n) is 4.15. The molecule has 0 spiro atoms. The van der Waals surface area contributed by atoms with Gasteiger partial charge in [0.2, 0.25) is 5.91 Å².